The van der Waals surface area contributed by atoms with Crippen molar-refractivity contribution in [1.82, 2.24) is 4.98 Å². The molecular formula is C23H32N2O. The lowest BCUT2D eigenvalue weighted by Gasteiger charge is -2.26. The number of rotatable bonds is 9. The molecule has 26 heavy (non-hydrogen) atoms. The highest BCUT2D eigenvalue weighted by Crippen LogP contribution is 2.31. The van der Waals surface area contributed by atoms with Gasteiger partial charge in [0.25, 0.3) is 0 Å². The van der Waals surface area contributed by atoms with Crippen LogP contribution in [0.3, 0.4) is 0 Å². The van der Waals surface area contributed by atoms with Gasteiger partial charge in [0.1, 0.15) is 0 Å². The molecule has 140 valence electrons. The zero-order valence-electron chi connectivity index (χ0n) is 15.7. The molecule has 0 spiro atoms. The molecule has 0 saturated heterocycles. The van der Waals surface area contributed by atoms with Crippen LogP contribution in [0.5, 0.6) is 0 Å². The summed E-state index contributed by atoms with van der Waals surface area (Å²) in [5, 5.41) is 8.99. The van der Waals surface area contributed by atoms with Gasteiger partial charge in [0.05, 0.1) is 0 Å². The highest BCUT2D eigenvalue weighted by Gasteiger charge is 2.20. The molecular weight excluding hydrogens is 320 g/mol. The van der Waals surface area contributed by atoms with E-state index in [1.165, 1.54) is 47.9 Å². The van der Waals surface area contributed by atoms with Crippen molar-refractivity contribution in [2.45, 2.75) is 57.3 Å². The molecule has 0 saturated carbocycles. The predicted molar refractivity (Wildman–Crippen MR) is 107 cm³/mol. The Morgan fingerprint density at radius 2 is 2.12 bits per heavy atom. The number of hydrogen-bond acceptors (Lipinski definition) is 3. The average Bonchev–Trinajstić information content (AvgIpc) is 2.70. The van der Waals surface area contributed by atoms with Crippen molar-refractivity contribution in [1.29, 1.82) is 0 Å². The summed E-state index contributed by atoms with van der Waals surface area (Å²) in [5.74, 6) is 1.21. The Kier molecular flexibility index (Phi) is 7.22. The standard InChI is InChI=1S/C23H32N2O/c24-16-23(5-1-2-13-26)22-11-10-20-14-18(8-9-21(20)15-22)6-7-19-4-3-12-25-17-19/h3-4,10-12,15,17-18,23,26H,1-2,5-9,13-14,16,24H2/t18-,23+/m1/s1. The number of aliphatic hydroxyl groups is 1. The maximum atomic E-state index is 8.99. The molecule has 2 atom stereocenters. The molecule has 1 heterocycles. The van der Waals surface area contributed by atoms with E-state index in [0.717, 1.165) is 31.6 Å². The van der Waals surface area contributed by atoms with E-state index in [9.17, 15) is 0 Å². The second-order valence-corrected chi connectivity index (χ2v) is 7.69. The summed E-state index contributed by atoms with van der Waals surface area (Å²) in [6.45, 7) is 0.972. The first-order valence-electron chi connectivity index (χ1n) is 10.1. The summed E-state index contributed by atoms with van der Waals surface area (Å²) in [7, 11) is 0. The number of aromatic nitrogens is 1. The lowest BCUT2D eigenvalue weighted by Crippen LogP contribution is -2.17. The van der Waals surface area contributed by atoms with Gasteiger partial charge in [-0.1, -0.05) is 30.7 Å². The summed E-state index contributed by atoms with van der Waals surface area (Å²) in [6, 6.07) is 11.2. The Morgan fingerprint density at radius 1 is 1.19 bits per heavy atom. The number of unbranched alkanes of at least 4 members (excludes halogenated alkanes) is 1. The van der Waals surface area contributed by atoms with E-state index in [1.54, 1.807) is 0 Å². The van der Waals surface area contributed by atoms with Crippen LogP contribution in [-0.2, 0) is 19.3 Å². The third-order valence-corrected chi connectivity index (χ3v) is 5.84. The predicted octanol–water partition coefficient (Wildman–Crippen LogP) is 4.02. The van der Waals surface area contributed by atoms with E-state index in [4.69, 9.17) is 10.8 Å². The molecule has 1 aromatic carbocycles. The van der Waals surface area contributed by atoms with Gasteiger partial charge in [-0.3, -0.25) is 4.98 Å². The lowest BCUT2D eigenvalue weighted by atomic mass is 9.79. The molecule has 2 aromatic rings. The first-order chi connectivity index (χ1) is 12.8. The van der Waals surface area contributed by atoms with Gasteiger partial charge in [-0.2, -0.15) is 0 Å². The number of aliphatic hydroxyl groups excluding tert-OH is 1. The molecule has 0 bridgehead atoms. The minimum atomic E-state index is 0.280. The summed E-state index contributed by atoms with van der Waals surface area (Å²) in [4.78, 5) is 4.22. The third kappa shape index (κ3) is 5.15. The fourth-order valence-electron chi connectivity index (χ4n) is 4.19. The number of hydrogen-bond donors (Lipinski definition) is 2. The van der Waals surface area contributed by atoms with E-state index in [2.05, 4.69) is 29.2 Å². The monoisotopic (exact) mass is 352 g/mol. The maximum absolute atomic E-state index is 8.99. The summed E-state index contributed by atoms with van der Waals surface area (Å²) < 4.78 is 0. The smallest absolute Gasteiger partial charge is 0.0431 e. The molecule has 3 N–H and O–H groups in total. The van der Waals surface area contributed by atoms with Crippen LogP contribution >= 0.6 is 0 Å². The molecule has 0 aliphatic heterocycles. The molecule has 0 amide bonds. The minimum absolute atomic E-state index is 0.280. The number of nitrogens with two attached hydrogens (primary N) is 1. The van der Waals surface area contributed by atoms with Crippen molar-refractivity contribution in [2.24, 2.45) is 11.7 Å². The topological polar surface area (TPSA) is 59.1 Å². The van der Waals surface area contributed by atoms with Crippen molar-refractivity contribution in [3.05, 3.63) is 65.0 Å². The first-order valence-corrected chi connectivity index (χ1v) is 10.1. The fraction of sp³-hybridized carbons (Fsp3) is 0.522. The zero-order chi connectivity index (χ0) is 18.2. The normalized spacial score (nSPS) is 17.7. The van der Waals surface area contributed by atoms with Crippen LogP contribution in [0, 0.1) is 5.92 Å². The molecule has 3 heteroatoms. The second-order valence-electron chi connectivity index (χ2n) is 7.69. The third-order valence-electron chi connectivity index (χ3n) is 5.84. The van der Waals surface area contributed by atoms with Crippen LogP contribution in [0.15, 0.2) is 42.7 Å². The van der Waals surface area contributed by atoms with Crippen LogP contribution in [0.2, 0.25) is 0 Å². The molecule has 0 fully saturated rings. The van der Waals surface area contributed by atoms with E-state index < -0.39 is 0 Å². The highest BCUT2D eigenvalue weighted by molar-refractivity contribution is 5.36. The molecule has 1 aliphatic carbocycles. The van der Waals surface area contributed by atoms with Gasteiger partial charge in [-0.05, 0) is 91.6 Å². The molecule has 1 aliphatic rings. The highest BCUT2D eigenvalue weighted by atomic mass is 16.2. The number of fused-ring (bicyclic) bond motifs is 1. The lowest BCUT2D eigenvalue weighted by molar-refractivity contribution is 0.281. The van der Waals surface area contributed by atoms with Gasteiger partial charge in [-0.25, -0.2) is 0 Å². The first kappa shape index (κ1) is 19.1. The van der Waals surface area contributed by atoms with Gasteiger partial charge in [0, 0.05) is 19.0 Å². The van der Waals surface area contributed by atoms with Crippen LogP contribution in [0.25, 0.3) is 0 Å². The number of aryl methyl sites for hydroxylation is 2. The Hall–Kier alpha value is -1.71. The summed E-state index contributed by atoms with van der Waals surface area (Å²) >= 11 is 0. The minimum Gasteiger partial charge on any atom is -0.396 e. The Balaban J connectivity index is 1.58. The zero-order valence-corrected chi connectivity index (χ0v) is 15.7. The SMILES string of the molecule is NC[C@H](CCCCO)c1ccc2c(c1)CC[C@@H](CCc1cccnc1)C2. The van der Waals surface area contributed by atoms with E-state index >= 15 is 0 Å². The Labute approximate surface area is 157 Å². The number of benzene rings is 1. The van der Waals surface area contributed by atoms with Crippen molar-refractivity contribution in [2.75, 3.05) is 13.2 Å². The van der Waals surface area contributed by atoms with E-state index in [1.807, 2.05) is 18.5 Å². The molecule has 0 radical (unpaired) electrons. The fourth-order valence-corrected chi connectivity index (χ4v) is 4.19. The maximum Gasteiger partial charge on any atom is 0.0431 e. The molecule has 3 nitrogen and oxygen atoms in total. The Morgan fingerprint density at radius 3 is 2.88 bits per heavy atom. The largest absolute Gasteiger partial charge is 0.396 e. The average molecular weight is 353 g/mol. The Bertz CT molecular complexity index is 671. The van der Waals surface area contributed by atoms with Gasteiger partial charge < -0.3 is 10.8 Å². The van der Waals surface area contributed by atoms with Gasteiger partial charge >= 0.3 is 0 Å². The van der Waals surface area contributed by atoms with Crippen LogP contribution < -0.4 is 5.73 Å². The molecule has 0 unspecified atom stereocenters. The van der Waals surface area contributed by atoms with Crippen LogP contribution in [0.1, 0.15) is 60.3 Å². The van der Waals surface area contributed by atoms with Crippen molar-refractivity contribution >= 4 is 0 Å². The second kappa shape index (κ2) is 9.84. The van der Waals surface area contributed by atoms with Crippen molar-refractivity contribution in [3.8, 4) is 0 Å². The van der Waals surface area contributed by atoms with Crippen molar-refractivity contribution < 1.29 is 5.11 Å². The van der Waals surface area contributed by atoms with Crippen molar-refractivity contribution in [3.63, 3.8) is 0 Å². The summed E-state index contributed by atoms with van der Waals surface area (Å²) in [5.41, 5.74) is 11.8. The van der Waals surface area contributed by atoms with Gasteiger partial charge in [-0.15, -0.1) is 0 Å². The van der Waals surface area contributed by atoms with E-state index in [-0.39, 0.29) is 6.61 Å². The number of nitrogens with zero attached hydrogens (tertiary/aromatic N) is 1. The van der Waals surface area contributed by atoms with Crippen LogP contribution in [0.4, 0.5) is 0 Å². The molecule has 1 aromatic heterocycles. The van der Waals surface area contributed by atoms with Gasteiger partial charge in [0.15, 0.2) is 0 Å². The van der Waals surface area contributed by atoms with Crippen LogP contribution in [-0.4, -0.2) is 23.2 Å². The quantitative estimate of drug-likeness (QED) is 0.670. The number of pyridine rings is 1. The molecule has 3 rings (SSSR count). The van der Waals surface area contributed by atoms with E-state index in [0.29, 0.717) is 12.5 Å². The van der Waals surface area contributed by atoms with Gasteiger partial charge in [0.2, 0.25) is 0 Å². The summed E-state index contributed by atoms with van der Waals surface area (Å²) in [6.07, 6.45) is 12.9.